The fraction of sp³-hybridized carbons (Fsp3) is 0.680. The molecule has 4 unspecified atom stereocenters. The normalized spacial score (nSPS) is 42.5. The van der Waals surface area contributed by atoms with Gasteiger partial charge in [-0.05, 0) is 74.8 Å². The van der Waals surface area contributed by atoms with Gasteiger partial charge in [0.2, 0.25) is 5.91 Å². The Morgan fingerprint density at radius 3 is 2.23 bits per heavy atom. The number of carbonyl (C=O) groups is 2. The SMILES string of the molecule is NC(=O)C12CC3CC(C1)C(NC(=O)N1C4CCC1CC(Oc1ccccc1)C4)C(C3)C2. The summed E-state index contributed by atoms with van der Waals surface area (Å²) in [5, 5.41) is 3.45. The fourth-order valence-electron chi connectivity index (χ4n) is 8.03. The van der Waals surface area contributed by atoms with Crippen molar-refractivity contribution in [2.45, 2.75) is 82.0 Å². The van der Waals surface area contributed by atoms with Gasteiger partial charge in [0.15, 0.2) is 0 Å². The minimum atomic E-state index is -0.302. The van der Waals surface area contributed by atoms with Gasteiger partial charge in [-0.3, -0.25) is 4.79 Å². The summed E-state index contributed by atoms with van der Waals surface area (Å²) in [6, 6.07) is 10.9. The number of ether oxygens (including phenoxy) is 1. The van der Waals surface area contributed by atoms with E-state index in [0.717, 1.165) is 63.5 Å². The molecule has 0 aromatic heterocycles. The number of primary amides is 1. The predicted molar refractivity (Wildman–Crippen MR) is 116 cm³/mol. The Bertz CT molecular complexity index is 844. The molecule has 166 valence electrons. The molecule has 4 saturated carbocycles. The summed E-state index contributed by atoms with van der Waals surface area (Å²) >= 11 is 0. The quantitative estimate of drug-likeness (QED) is 0.778. The van der Waals surface area contributed by atoms with E-state index in [4.69, 9.17) is 10.5 Å². The van der Waals surface area contributed by atoms with Crippen LogP contribution in [0.3, 0.4) is 0 Å². The van der Waals surface area contributed by atoms with Crippen LogP contribution in [0.4, 0.5) is 4.79 Å². The summed E-state index contributed by atoms with van der Waals surface area (Å²) in [6.07, 6.45) is 9.09. The maximum Gasteiger partial charge on any atom is 0.318 e. The van der Waals surface area contributed by atoms with Gasteiger partial charge in [0.05, 0.1) is 0 Å². The number of hydrogen-bond acceptors (Lipinski definition) is 3. The number of hydrogen-bond donors (Lipinski definition) is 2. The number of benzene rings is 1. The summed E-state index contributed by atoms with van der Waals surface area (Å²) in [7, 11) is 0. The van der Waals surface area contributed by atoms with E-state index in [2.05, 4.69) is 10.2 Å². The Kier molecular flexibility index (Phi) is 4.48. The number of amides is 3. The minimum Gasteiger partial charge on any atom is -0.490 e. The third-order valence-electron chi connectivity index (χ3n) is 9.06. The number of nitrogens with one attached hydrogen (secondary N) is 1. The van der Waals surface area contributed by atoms with Crippen LogP contribution in [0.5, 0.6) is 5.75 Å². The Morgan fingerprint density at radius 2 is 1.61 bits per heavy atom. The number of carbonyl (C=O) groups excluding carboxylic acids is 2. The number of rotatable bonds is 4. The molecule has 0 radical (unpaired) electrons. The van der Waals surface area contributed by atoms with Crippen molar-refractivity contribution in [1.82, 2.24) is 10.2 Å². The van der Waals surface area contributed by atoms with Crippen LogP contribution in [-0.4, -0.2) is 41.1 Å². The van der Waals surface area contributed by atoms with Gasteiger partial charge < -0.3 is 20.7 Å². The number of nitrogens with two attached hydrogens (primary N) is 1. The van der Waals surface area contributed by atoms with Gasteiger partial charge >= 0.3 is 6.03 Å². The number of nitrogens with zero attached hydrogens (tertiary/aromatic N) is 1. The molecule has 3 N–H and O–H groups in total. The molecule has 4 aliphatic carbocycles. The van der Waals surface area contributed by atoms with E-state index < -0.39 is 0 Å². The lowest BCUT2D eigenvalue weighted by Gasteiger charge is -2.59. The summed E-state index contributed by atoms with van der Waals surface area (Å²) in [4.78, 5) is 27.7. The first-order valence-corrected chi connectivity index (χ1v) is 12.1. The second-order valence-electron chi connectivity index (χ2n) is 10.9. The largest absolute Gasteiger partial charge is 0.490 e. The smallest absolute Gasteiger partial charge is 0.318 e. The second kappa shape index (κ2) is 7.14. The van der Waals surface area contributed by atoms with E-state index in [1.807, 2.05) is 30.3 Å². The van der Waals surface area contributed by atoms with E-state index in [-0.39, 0.29) is 41.6 Å². The fourth-order valence-corrected chi connectivity index (χ4v) is 8.03. The molecule has 2 saturated heterocycles. The van der Waals surface area contributed by atoms with E-state index in [9.17, 15) is 9.59 Å². The monoisotopic (exact) mass is 423 g/mol. The Hall–Kier alpha value is -2.24. The average molecular weight is 424 g/mol. The summed E-state index contributed by atoms with van der Waals surface area (Å²) in [6.45, 7) is 0. The molecule has 0 spiro atoms. The average Bonchev–Trinajstić information content (AvgIpc) is 3.01. The van der Waals surface area contributed by atoms with E-state index in [1.165, 1.54) is 0 Å². The standard InChI is InChI=1S/C25H33N3O3/c26-23(29)25-12-15-8-16(13-25)22(17(9-15)14-25)27-24(30)28-18-6-7-19(28)11-21(10-18)31-20-4-2-1-3-5-20/h1-5,15-19,21-22H,6-14H2,(H2,26,29)(H,27,30). The van der Waals surface area contributed by atoms with E-state index in [0.29, 0.717) is 17.8 Å². The molecule has 7 rings (SSSR count). The van der Waals surface area contributed by atoms with Crippen molar-refractivity contribution in [2.75, 3.05) is 0 Å². The van der Waals surface area contributed by atoms with Crippen LogP contribution in [0, 0.1) is 23.2 Å². The van der Waals surface area contributed by atoms with Gasteiger partial charge in [-0.15, -0.1) is 0 Å². The highest BCUT2D eigenvalue weighted by molar-refractivity contribution is 5.81. The molecule has 6 nitrogen and oxygen atoms in total. The molecular formula is C25H33N3O3. The molecule has 6 aliphatic rings. The molecule has 4 atom stereocenters. The second-order valence-corrected chi connectivity index (χ2v) is 10.9. The first-order valence-electron chi connectivity index (χ1n) is 12.1. The molecule has 1 aromatic rings. The topological polar surface area (TPSA) is 84.7 Å². The molecule has 2 aliphatic heterocycles. The summed E-state index contributed by atoms with van der Waals surface area (Å²) in [5.41, 5.74) is 5.52. The molecule has 1 aromatic carbocycles. The van der Waals surface area contributed by atoms with Crippen molar-refractivity contribution < 1.29 is 14.3 Å². The lowest BCUT2D eigenvalue weighted by molar-refractivity contribution is -0.145. The van der Waals surface area contributed by atoms with Gasteiger partial charge in [0.25, 0.3) is 0 Å². The molecule has 2 heterocycles. The minimum absolute atomic E-state index is 0.108. The van der Waals surface area contributed by atoms with Crippen LogP contribution in [0.2, 0.25) is 0 Å². The van der Waals surface area contributed by atoms with Crippen molar-refractivity contribution in [3.8, 4) is 5.75 Å². The van der Waals surface area contributed by atoms with Crippen LogP contribution >= 0.6 is 0 Å². The molecule has 6 bridgehead atoms. The highest BCUT2D eigenvalue weighted by atomic mass is 16.5. The van der Waals surface area contributed by atoms with Crippen LogP contribution in [-0.2, 0) is 4.79 Å². The van der Waals surface area contributed by atoms with Gasteiger partial charge in [0.1, 0.15) is 11.9 Å². The third-order valence-corrected chi connectivity index (χ3v) is 9.06. The predicted octanol–water partition coefficient (Wildman–Crippen LogP) is 3.45. The number of para-hydroxylation sites is 1. The summed E-state index contributed by atoms with van der Waals surface area (Å²) in [5.74, 6) is 2.22. The van der Waals surface area contributed by atoms with Crippen molar-refractivity contribution in [1.29, 1.82) is 0 Å². The maximum atomic E-state index is 13.4. The lowest BCUT2D eigenvalue weighted by atomic mass is 9.47. The van der Waals surface area contributed by atoms with Crippen LogP contribution in [0.15, 0.2) is 30.3 Å². The van der Waals surface area contributed by atoms with Crippen LogP contribution in [0.25, 0.3) is 0 Å². The van der Waals surface area contributed by atoms with Gasteiger partial charge in [0, 0.05) is 36.4 Å². The first kappa shape index (κ1) is 19.4. The van der Waals surface area contributed by atoms with Gasteiger partial charge in [-0.2, -0.15) is 0 Å². The Balaban J connectivity index is 1.12. The number of urea groups is 1. The first-order chi connectivity index (χ1) is 15.0. The van der Waals surface area contributed by atoms with Crippen molar-refractivity contribution in [3.63, 3.8) is 0 Å². The molecule has 3 amide bonds. The van der Waals surface area contributed by atoms with Crippen LogP contribution < -0.4 is 15.8 Å². The number of fused-ring (bicyclic) bond motifs is 2. The Morgan fingerprint density at radius 1 is 0.968 bits per heavy atom. The van der Waals surface area contributed by atoms with Crippen molar-refractivity contribution in [2.24, 2.45) is 28.9 Å². The Labute approximate surface area is 183 Å². The van der Waals surface area contributed by atoms with E-state index in [1.54, 1.807) is 0 Å². The molecule has 6 fully saturated rings. The number of piperidine rings is 1. The lowest BCUT2D eigenvalue weighted by Crippen LogP contribution is -2.64. The zero-order valence-corrected chi connectivity index (χ0v) is 18.0. The van der Waals surface area contributed by atoms with Gasteiger partial charge in [-0.25, -0.2) is 4.79 Å². The molecular weight excluding hydrogens is 390 g/mol. The maximum absolute atomic E-state index is 13.4. The molecule has 31 heavy (non-hydrogen) atoms. The zero-order chi connectivity index (χ0) is 21.2. The van der Waals surface area contributed by atoms with Gasteiger partial charge in [-0.1, -0.05) is 18.2 Å². The third kappa shape index (κ3) is 3.21. The highest BCUT2D eigenvalue weighted by Gasteiger charge is 2.58. The summed E-state index contributed by atoms with van der Waals surface area (Å²) < 4.78 is 6.22. The molecule has 6 heteroatoms. The van der Waals surface area contributed by atoms with E-state index >= 15 is 0 Å². The van der Waals surface area contributed by atoms with Crippen LogP contribution in [0.1, 0.15) is 57.8 Å². The van der Waals surface area contributed by atoms with Crippen molar-refractivity contribution >= 4 is 11.9 Å². The van der Waals surface area contributed by atoms with Crippen molar-refractivity contribution in [3.05, 3.63) is 30.3 Å². The highest BCUT2D eigenvalue weighted by Crippen LogP contribution is 2.60. The zero-order valence-electron chi connectivity index (χ0n) is 18.0.